The molecular formula is C28H24BrFN2O4S2. The van der Waals surface area contributed by atoms with Gasteiger partial charge in [0.05, 0.1) is 28.8 Å². The van der Waals surface area contributed by atoms with Crippen LogP contribution in [0.1, 0.15) is 35.7 Å². The van der Waals surface area contributed by atoms with E-state index in [2.05, 4.69) is 28.2 Å². The number of nitrogens with one attached hydrogen (secondary N) is 1. The summed E-state index contributed by atoms with van der Waals surface area (Å²) in [6.07, 6.45) is 3.68. The predicted octanol–water partition coefficient (Wildman–Crippen LogP) is 7.43. The number of unbranched alkanes of at least 4 members (excludes halogenated alkanes) is 1. The minimum absolute atomic E-state index is 0.297. The molecule has 0 atom stereocenters. The number of hydrogen-bond acceptors (Lipinski definition) is 6. The van der Waals surface area contributed by atoms with Crippen molar-refractivity contribution >= 4 is 73.5 Å². The zero-order valence-corrected chi connectivity index (χ0v) is 23.8. The van der Waals surface area contributed by atoms with Crippen molar-refractivity contribution in [3.8, 4) is 11.5 Å². The molecule has 4 rings (SSSR count). The lowest BCUT2D eigenvalue weighted by molar-refractivity contribution is -0.113. The molecule has 0 unspecified atom stereocenters. The number of methoxy groups -OCH3 is 1. The molecule has 38 heavy (non-hydrogen) atoms. The fourth-order valence-electron chi connectivity index (χ4n) is 3.65. The molecule has 1 saturated heterocycles. The lowest BCUT2D eigenvalue weighted by atomic mass is 10.1. The zero-order chi connectivity index (χ0) is 27.2. The topological polar surface area (TPSA) is 67.9 Å². The summed E-state index contributed by atoms with van der Waals surface area (Å²) in [5.74, 6) is 0.0833. The number of anilines is 2. The quantitative estimate of drug-likeness (QED) is 0.153. The Balaban J connectivity index is 1.55. The van der Waals surface area contributed by atoms with E-state index in [1.54, 1.807) is 43.5 Å². The highest BCUT2D eigenvalue weighted by Gasteiger charge is 2.33. The van der Waals surface area contributed by atoms with Crippen LogP contribution in [0.4, 0.5) is 15.8 Å². The molecular weight excluding hydrogens is 591 g/mol. The monoisotopic (exact) mass is 614 g/mol. The first-order chi connectivity index (χ1) is 18.3. The van der Waals surface area contributed by atoms with E-state index in [9.17, 15) is 14.0 Å². The summed E-state index contributed by atoms with van der Waals surface area (Å²) in [6, 6.07) is 15.7. The van der Waals surface area contributed by atoms with Gasteiger partial charge < -0.3 is 14.8 Å². The van der Waals surface area contributed by atoms with Gasteiger partial charge in [-0.3, -0.25) is 14.5 Å². The van der Waals surface area contributed by atoms with Crippen molar-refractivity contribution in [2.75, 3.05) is 23.9 Å². The third-order valence-corrected chi connectivity index (χ3v) is 7.45. The van der Waals surface area contributed by atoms with Crippen molar-refractivity contribution < 1.29 is 23.5 Å². The van der Waals surface area contributed by atoms with E-state index in [0.717, 1.165) is 22.9 Å². The minimum Gasteiger partial charge on any atom is -0.493 e. The average Bonchev–Trinajstić information content (AvgIpc) is 3.18. The SMILES string of the molecule is CCCCOc1c(Br)cc(/C=C2/SC(=S)N(c3cccc(C(=O)Nc4ccc(F)cc4)c3)C2=O)cc1OC. The highest BCUT2D eigenvalue weighted by atomic mass is 79.9. The van der Waals surface area contributed by atoms with Crippen LogP contribution in [0.25, 0.3) is 6.08 Å². The number of carbonyl (C=O) groups excluding carboxylic acids is 2. The van der Waals surface area contributed by atoms with Crippen LogP contribution in [0.2, 0.25) is 0 Å². The molecule has 6 nitrogen and oxygen atoms in total. The van der Waals surface area contributed by atoms with Crippen molar-refractivity contribution in [3.05, 3.63) is 87.0 Å². The number of nitrogens with zero attached hydrogens (tertiary/aromatic N) is 1. The molecule has 0 aromatic heterocycles. The number of thiocarbonyl (C=S) groups is 1. The summed E-state index contributed by atoms with van der Waals surface area (Å²) in [5.41, 5.74) is 2.00. The largest absolute Gasteiger partial charge is 0.493 e. The van der Waals surface area contributed by atoms with Gasteiger partial charge in [-0.05, 0) is 88.6 Å². The molecule has 0 radical (unpaired) electrons. The zero-order valence-electron chi connectivity index (χ0n) is 20.6. The third kappa shape index (κ3) is 6.43. The van der Waals surface area contributed by atoms with Crippen molar-refractivity contribution in [1.29, 1.82) is 0 Å². The number of rotatable bonds is 9. The van der Waals surface area contributed by atoms with Gasteiger partial charge in [-0.2, -0.15) is 0 Å². The predicted molar refractivity (Wildman–Crippen MR) is 158 cm³/mol. The van der Waals surface area contributed by atoms with Gasteiger partial charge >= 0.3 is 0 Å². The van der Waals surface area contributed by atoms with Gasteiger partial charge in [0, 0.05) is 11.3 Å². The summed E-state index contributed by atoms with van der Waals surface area (Å²) in [6.45, 7) is 2.67. The molecule has 0 saturated carbocycles. The number of hydrogen-bond donors (Lipinski definition) is 1. The Labute approximate surface area is 238 Å². The Bertz CT molecular complexity index is 1410. The van der Waals surface area contributed by atoms with Crippen LogP contribution in [0, 0.1) is 5.82 Å². The second kappa shape index (κ2) is 12.6. The van der Waals surface area contributed by atoms with E-state index in [0.29, 0.717) is 44.3 Å². The summed E-state index contributed by atoms with van der Waals surface area (Å²) in [4.78, 5) is 27.9. The normalized spacial score (nSPS) is 14.2. The van der Waals surface area contributed by atoms with Crippen molar-refractivity contribution in [2.45, 2.75) is 19.8 Å². The summed E-state index contributed by atoms with van der Waals surface area (Å²) in [7, 11) is 1.57. The Morgan fingerprint density at radius 3 is 2.66 bits per heavy atom. The van der Waals surface area contributed by atoms with Crippen molar-refractivity contribution in [2.24, 2.45) is 0 Å². The maximum atomic E-state index is 13.4. The molecule has 3 aromatic rings. The van der Waals surface area contributed by atoms with E-state index in [-0.39, 0.29) is 5.91 Å². The Morgan fingerprint density at radius 2 is 1.95 bits per heavy atom. The molecule has 2 amide bonds. The fraction of sp³-hybridized carbons (Fsp3) is 0.179. The number of amides is 2. The number of thioether (sulfide) groups is 1. The molecule has 1 heterocycles. The smallest absolute Gasteiger partial charge is 0.270 e. The molecule has 196 valence electrons. The highest BCUT2D eigenvalue weighted by molar-refractivity contribution is 9.10. The number of carbonyl (C=O) groups is 2. The fourth-order valence-corrected chi connectivity index (χ4v) is 5.52. The van der Waals surface area contributed by atoms with Crippen LogP contribution in [0.15, 0.2) is 70.0 Å². The molecule has 3 aromatic carbocycles. The van der Waals surface area contributed by atoms with Gasteiger partial charge in [0.2, 0.25) is 0 Å². The Kier molecular flexibility index (Phi) is 9.19. The first kappa shape index (κ1) is 27.8. The Morgan fingerprint density at radius 1 is 1.18 bits per heavy atom. The van der Waals surface area contributed by atoms with Gasteiger partial charge in [-0.15, -0.1) is 0 Å². The molecule has 1 aliphatic heterocycles. The van der Waals surface area contributed by atoms with Crippen LogP contribution in [-0.4, -0.2) is 29.9 Å². The van der Waals surface area contributed by atoms with Gasteiger partial charge in [0.15, 0.2) is 15.8 Å². The maximum Gasteiger partial charge on any atom is 0.270 e. The standard InChI is InChI=1S/C28H24BrFN2O4S2/c1-3-4-12-36-25-22(29)13-17(14-23(25)35-2)15-24-27(34)32(28(37)38-24)21-7-5-6-18(16-21)26(33)31-20-10-8-19(30)9-11-20/h5-11,13-16H,3-4,12H2,1-2H3,(H,31,33)/b24-15+. The van der Waals surface area contributed by atoms with Gasteiger partial charge in [0.1, 0.15) is 5.82 Å². The first-order valence-corrected chi connectivity index (χ1v) is 13.8. The minimum atomic E-state index is -0.394. The Hall–Kier alpha value is -3.21. The molecule has 1 N–H and O–H groups in total. The van der Waals surface area contributed by atoms with Crippen LogP contribution < -0.4 is 19.7 Å². The maximum absolute atomic E-state index is 13.4. The first-order valence-electron chi connectivity index (χ1n) is 11.8. The molecule has 10 heteroatoms. The molecule has 0 spiro atoms. The van der Waals surface area contributed by atoms with E-state index < -0.39 is 11.7 Å². The molecule has 0 aliphatic carbocycles. The highest BCUT2D eigenvalue weighted by Crippen LogP contribution is 2.40. The van der Waals surface area contributed by atoms with Gasteiger partial charge in [-0.1, -0.05) is 43.4 Å². The number of benzene rings is 3. The van der Waals surface area contributed by atoms with E-state index >= 15 is 0 Å². The van der Waals surface area contributed by atoms with E-state index in [1.807, 2.05) is 6.07 Å². The van der Waals surface area contributed by atoms with Crippen LogP contribution in [0.3, 0.4) is 0 Å². The number of ether oxygens (including phenoxy) is 2. The van der Waals surface area contributed by atoms with Crippen molar-refractivity contribution in [1.82, 2.24) is 0 Å². The van der Waals surface area contributed by atoms with Crippen LogP contribution in [0.5, 0.6) is 11.5 Å². The van der Waals surface area contributed by atoms with Crippen molar-refractivity contribution in [3.63, 3.8) is 0 Å². The molecule has 1 aliphatic rings. The van der Waals surface area contributed by atoms with E-state index in [1.165, 1.54) is 40.9 Å². The van der Waals surface area contributed by atoms with Gasteiger partial charge in [-0.25, -0.2) is 4.39 Å². The average molecular weight is 616 g/mol. The van der Waals surface area contributed by atoms with E-state index in [4.69, 9.17) is 21.7 Å². The lowest BCUT2D eigenvalue weighted by Crippen LogP contribution is -2.27. The third-order valence-electron chi connectivity index (χ3n) is 5.56. The summed E-state index contributed by atoms with van der Waals surface area (Å²) < 4.78 is 25.6. The van der Waals surface area contributed by atoms with Gasteiger partial charge in [0.25, 0.3) is 11.8 Å². The number of halogens is 2. The lowest BCUT2D eigenvalue weighted by Gasteiger charge is -2.16. The second-order valence-corrected chi connectivity index (χ2v) is 10.8. The van der Waals surface area contributed by atoms with Crippen LogP contribution >= 0.6 is 39.9 Å². The summed E-state index contributed by atoms with van der Waals surface area (Å²) in [5, 5.41) is 2.72. The second-order valence-electron chi connectivity index (χ2n) is 8.26. The van der Waals surface area contributed by atoms with Crippen LogP contribution in [-0.2, 0) is 4.79 Å². The molecule has 1 fully saturated rings. The summed E-state index contributed by atoms with van der Waals surface area (Å²) >= 11 is 10.2. The molecule has 0 bridgehead atoms.